The van der Waals surface area contributed by atoms with Crippen LogP contribution in [0.2, 0.25) is 5.02 Å². The third-order valence-electron chi connectivity index (χ3n) is 4.33. The number of benzene rings is 1. The van der Waals surface area contributed by atoms with E-state index in [0.29, 0.717) is 40.1 Å². The summed E-state index contributed by atoms with van der Waals surface area (Å²) in [6, 6.07) is 6.74. The zero-order chi connectivity index (χ0) is 24.6. The van der Waals surface area contributed by atoms with Crippen LogP contribution in [-0.2, 0) is 20.9 Å². The highest BCUT2D eigenvalue weighted by molar-refractivity contribution is 7.14. The molecule has 0 bridgehead atoms. The minimum absolute atomic E-state index is 0.0731. The molecule has 0 saturated carbocycles. The van der Waals surface area contributed by atoms with Gasteiger partial charge < -0.3 is 19.5 Å². The lowest BCUT2D eigenvalue weighted by atomic mass is 9.96. The Morgan fingerprint density at radius 1 is 1.18 bits per heavy atom. The SMILES string of the molecule is CCOc1cc(/C=C/C(=O)OCC(=O)c2ccc(CNC(=O)C(C)(C)C)s2)cc(Cl)c1OC. The first-order valence-corrected chi connectivity index (χ1v) is 11.5. The van der Waals surface area contributed by atoms with E-state index in [1.54, 1.807) is 24.3 Å². The van der Waals surface area contributed by atoms with Gasteiger partial charge in [-0.1, -0.05) is 32.4 Å². The Bertz CT molecular complexity index is 1040. The molecule has 0 aliphatic heterocycles. The fraction of sp³-hybridized carbons (Fsp3) is 0.375. The molecule has 1 aromatic carbocycles. The first kappa shape index (κ1) is 26.4. The number of thiophene rings is 1. The van der Waals surface area contributed by atoms with Crippen LogP contribution in [0.15, 0.2) is 30.3 Å². The summed E-state index contributed by atoms with van der Waals surface area (Å²) in [4.78, 5) is 37.6. The third kappa shape index (κ3) is 7.91. The minimum Gasteiger partial charge on any atom is -0.491 e. The summed E-state index contributed by atoms with van der Waals surface area (Å²) in [6.07, 6.45) is 2.73. The number of ketones is 1. The molecule has 0 unspecified atom stereocenters. The molecule has 0 atom stereocenters. The Hall–Kier alpha value is -2.84. The number of hydrogen-bond acceptors (Lipinski definition) is 7. The molecule has 2 aromatic rings. The fourth-order valence-corrected chi connectivity index (χ4v) is 3.79. The Kier molecular flexibility index (Phi) is 9.49. The Morgan fingerprint density at radius 3 is 2.55 bits per heavy atom. The lowest BCUT2D eigenvalue weighted by molar-refractivity contribution is -0.136. The lowest BCUT2D eigenvalue weighted by Gasteiger charge is -2.17. The van der Waals surface area contributed by atoms with E-state index in [4.69, 9.17) is 25.8 Å². The second-order valence-corrected chi connectivity index (χ2v) is 9.61. The molecule has 1 aromatic heterocycles. The molecule has 0 spiro atoms. The zero-order valence-corrected chi connectivity index (χ0v) is 20.9. The van der Waals surface area contributed by atoms with Crippen LogP contribution in [-0.4, -0.2) is 38.0 Å². The molecular weight excluding hydrogens is 466 g/mol. The van der Waals surface area contributed by atoms with E-state index < -0.39 is 11.4 Å². The Morgan fingerprint density at radius 2 is 1.91 bits per heavy atom. The summed E-state index contributed by atoms with van der Waals surface area (Å²) in [7, 11) is 1.49. The van der Waals surface area contributed by atoms with Gasteiger partial charge in [0.25, 0.3) is 0 Å². The van der Waals surface area contributed by atoms with Gasteiger partial charge in [-0.25, -0.2) is 4.79 Å². The topological polar surface area (TPSA) is 90.9 Å². The van der Waals surface area contributed by atoms with Gasteiger partial charge in [-0.05, 0) is 42.8 Å². The molecule has 9 heteroatoms. The number of rotatable bonds is 10. The predicted molar refractivity (Wildman–Crippen MR) is 129 cm³/mol. The van der Waals surface area contributed by atoms with Crippen LogP contribution in [0.3, 0.4) is 0 Å². The quantitative estimate of drug-likeness (QED) is 0.287. The van der Waals surface area contributed by atoms with E-state index in [1.165, 1.54) is 30.6 Å². The monoisotopic (exact) mass is 493 g/mol. The summed E-state index contributed by atoms with van der Waals surface area (Å²) in [5.41, 5.74) is 0.132. The minimum atomic E-state index is -0.664. The summed E-state index contributed by atoms with van der Waals surface area (Å²) in [6.45, 7) is 7.71. The third-order valence-corrected chi connectivity index (χ3v) is 5.74. The van der Waals surface area contributed by atoms with Crippen molar-refractivity contribution in [3.05, 3.63) is 50.7 Å². The Labute approximate surface area is 202 Å². The van der Waals surface area contributed by atoms with Crippen molar-refractivity contribution in [2.75, 3.05) is 20.3 Å². The van der Waals surface area contributed by atoms with E-state index >= 15 is 0 Å². The maximum Gasteiger partial charge on any atom is 0.331 e. The molecule has 33 heavy (non-hydrogen) atoms. The number of ether oxygens (including phenoxy) is 3. The van der Waals surface area contributed by atoms with Crippen molar-refractivity contribution in [2.24, 2.45) is 5.41 Å². The van der Waals surface area contributed by atoms with Crippen LogP contribution in [0, 0.1) is 5.41 Å². The molecule has 0 saturated heterocycles. The smallest absolute Gasteiger partial charge is 0.331 e. The number of halogens is 1. The van der Waals surface area contributed by atoms with Gasteiger partial charge in [0.05, 0.1) is 30.2 Å². The van der Waals surface area contributed by atoms with E-state index in [2.05, 4.69) is 5.32 Å². The van der Waals surface area contributed by atoms with Crippen LogP contribution in [0.1, 0.15) is 47.8 Å². The number of esters is 1. The lowest BCUT2D eigenvalue weighted by Crippen LogP contribution is -2.34. The van der Waals surface area contributed by atoms with Gasteiger partial charge >= 0.3 is 5.97 Å². The molecular formula is C24H28ClNO6S. The molecule has 7 nitrogen and oxygen atoms in total. The predicted octanol–water partition coefficient (Wildman–Crippen LogP) is 4.91. The standard InChI is InChI=1S/C24H28ClNO6S/c1-6-31-19-12-15(11-17(25)22(19)30-5)7-10-21(28)32-14-18(27)20-9-8-16(33-20)13-26-23(29)24(2,3)4/h7-12H,6,13-14H2,1-5H3,(H,26,29)/b10-7+. The van der Waals surface area contributed by atoms with Gasteiger partial charge in [-0.2, -0.15) is 0 Å². The van der Waals surface area contributed by atoms with Gasteiger partial charge in [0.1, 0.15) is 0 Å². The maximum atomic E-state index is 12.3. The first-order chi connectivity index (χ1) is 15.5. The number of amides is 1. The van der Waals surface area contributed by atoms with Crippen molar-refractivity contribution < 1.29 is 28.6 Å². The number of nitrogens with one attached hydrogen (secondary N) is 1. The molecule has 0 fully saturated rings. The van der Waals surface area contributed by atoms with Crippen molar-refractivity contribution in [1.82, 2.24) is 5.32 Å². The molecule has 1 amide bonds. The zero-order valence-electron chi connectivity index (χ0n) is 19.3. The van der Waals surface area contributed by atoms with Crippen LogP contribution >= 0.6 is 22.9 Å². The highest BCUT2D eigenvalue weighted by atomic mass is 35.5. The molecule has 0 radical (unpaired) electrons. The molecule has 2 rings (SSSR count). The van der Waals surface area contributed by atoms with Crippen LogP contribution in [0.4, 0.5) is 0 Å². The maximum absolute atomic E-state index is 12.3. The second kappa shape index (κ2) is 11.9. The number of methoxy groups -OCH3 is 1. The number of carbonyl (C=O) groups excluding carboxylic acids is 3. The van der Waals surface area contributed by atoms with Crippen molar-refractivity contribution in [3.63, 3.8) is 0 Å². The largest absolute Gasteiger partial charge is 0.491 e. The van der Waals surface area contributed by atoms with E-state index in [9.17, 15) is 14.4 Å². The van der Waals surface area contributed by atoms with Crippen molar-refractivity contribution in [3.8, 4) is 11.5 Å². The second-order valence-electron chi connectivity index (χ2n) is 8.03. The fourth-order valence-electron chi connectivity index (χ4n) is 2.62. The average Bonchev–Trinajstić information content (AvgIpc) is 3.23. The van der Waals surface area contributed by atoms with Crippen molar-refractivity contribution in [1.29, 1.82) is 0 Å². The number of Topliss-reactive ketones (excluding diaryl/α,β-unsaturated/α-hetero) is 1. The summed E-state index contributed by atoms with van der Waals surface area (Å²) in [5.74, 6) is -0.181. The number of hydrogen-bond donors (Lipinski definition) is 1. The van der Waals surface area contributed by atoms with E-state index in [1.807, 2.05) is 27.7 Å². The molecule has 0 aliphatic rings. The van der Waals surface area contributed by atoms with Crippen LogP contribution in [0.25, 0.3) is 6.08 Å². The highest BCUT2D eigenvalue weighted by Gasteiger charge is 2.21. The summed E-state index contributed by atoms with van der Waals surface area (Å²) < 4.78 is 15.8. The van der Waals surface area contributed by atoms with Gasteiger partial charge in [0.2, 0.25) is 11.7 Å². The average molecular weight is 494 g/mol. The molecule has 1 heterocycles. The van der Waals surface area contributed by atoms with E-state index in [-0.39, 0.29) is 18.3 Å². The first-order valence-electron chi connectivity index (χ1n) is 10.3. The van der Waals surface area contributed by atoms with E-state index in [0.717, 1.165) is 4.88 Å². The summed E-state index contributed by atoms with van der Waals surface area (Å²) >= 11 is 7.45. The van der Waals surface area contributed by atoms with Crippen LogP contribution < -0.4 is 14.8 Å². The molecule has 0 aliphatic carbocycles. The van der Waals surface area contributed by atoms with Crippen molar-refractivity contribution in [2.45, 2.75) is 34.2 Å². The van der Waals surface area contributed by atoms with Gasteiger partial charge in [-0.15, -0.1) is 11.3 Å². The molecule has 178 valence electrons. The molecule has 1 N–H and O–H groups in total. The summed E-state index contributed by atoms with van der Waals surface area (Å²) in [5, 5.41) is 3.18. The number of carbonyl (C=O) groups is 3. The van der Waals surface area contributed by atoms with Gasteiger partial charge in [-0.3, -0.25) is 9.59 Å². The normalized spacial score (nSPS) is 11.3. The van der Waals surface area contributed by atoms with Gasteiger partial charge in [0, 0.05) is 16.4 Å². The van der Waals surface area contributed by atoms with Gasteiger partial charge in [0.15, 0.2) is 18.1 Å². The van der Waals surface area contributed by atoms with Crippen LogP contribution in [0.5, 0.6) is 11.5 Å². The Balaban J connectivity index is 1.91. The highest BCUT2D eigenvalue weighted by Crippen LogP contribution is 2.36. The van der Waals surface area contributed by atoms with Crippen molar-refractivity contribution >= 4 is 46.7 Å².